The highest BCUT2D eigenvalue weighted by Gasteiger charge is 2.34. The van der Waals surface area contributed by atoms with Crippen LogP contribution in [0.4, 0.5) is 5.69 Å². The second-order valence-electron chi connectivity index (χ2n) is 3.73. The Morgan fingerprint density at radius 1 is 1.12 bits per heavy atom. The Kier molecular flexibility index (Phi) is 3.01. The van der Waals surface area contributed by atoms with Crippen molar-refractivity contribution in [2.45, 2.75) is 12.8 Å². The number of Topliss-reactive ketones (excluding diaryl/α,β-unsaturated/α-hetero) is 1. The van der Waals surface area contributed by atoms with Gasteiger partial charge in [0.1, 0.15) is 0 Å². The van der Waals surface area contributed by atoms with E-state index in [-0.39, 0.29) is 6.61 Å². The van der Waals surface area contributed by atoms with Gasteiger partial charge in [0.2, 0.25) is 0 Å². The predicted octanol–water partition coefficient (Wildman–Crippen LogP) is 0.988. The molecule has 1 aromatic carbocycles. The minimum absolute atomic E-state index is 0.109. The van der Waals surface area contributed by atoms with Crippen molar-refractivity contribution in [3.05, 3.63) is 29.8 Å². The van der Waals surface area contributed by atoms with Crippen LogP contribution in [0.5, 0.6) is 0 Å². The number of ketones is 1. The molecule has 0 radical (unpaired) electrons. The smallest absolute Gasteiger partial charge is 0.299 e. The van der Waals surface area contributed by atoms with E-state index in [4.69, 9.17) is 5.11 Å². The Balaban J connectivity index is 2.20. The molecule has 1 aliphatic heterocycles. The molecule has 0 spiro atoms. The van der Waals surface area contributed by atoms with Gasteiger partial charge in [-0.1, -0.05) is 12.1 Å². The molecule has 0 fully saturated rings. The standard InChI is InChI=1S/C12H13NO3/c14-8-4-3-7-13-10-6-2-1-5-9(10)11(15)12(13)16/h1-2,5-6,14H,3-4,7-8H2. The summed E-state index contributed by atoms with van der Waals surface area (Å²) in [6.07, 6.45) is 1.34. The van der Waals surface area contributed by atoms with Crippen LogP contribution in [0.15, 0.2) is 24.3 Å². The number of aliphatic hydroxyl groups is 1. The summed E-state index contributed by atoms with van der Waals surface area (Å²) in [5, 5.41) is 8.68. The average Bonchev–Trinajstić information content (AvgIpc) is 2.55. The van der Waals surface area contributed by atoms with E-state index in [2.05, 4.69) is 0 Å². The fraction of sp³-hybridized carbons (Fsp3) is 0.333. The number of anilines is 1. The van der Waals surface area contributed by atoms with Crippen LogP contribution in [0.2, 0.25) is 0 Å². The highest BCUT2D eigenvalue weighted by atomic mass is 16.3. The maximum atomic E-state index is 11.7. The van der Waals surface area contributed by atoms with E-state index in [0.29, 0.717) is 30.6 Å². The zero-order chi connectivity index (χ0) is 11.5. The van der Waals surface area contributed by atoms with Crippen LogP contribution >= 0.6 is 0 Å². The molecule has 16 heavy (non-hydrogen) atoms. The number of para-hydroxylation sites is 1. The molecule has 1 N–H and O–H groups in total. The Labute approximate surface area is 93.5 Å². The molecule has 0 saturated carbocycles. The fourth-order valence-corrected chi connectivity index (χ4v) is 1.85. The largest absolute Gasteiger partial charge is 0.396 e. The van der Waals surface area contributed by atoms with E-state index in [1.807, 2.05) is 6.07 Å². The molecule has 0 bridgehead atoms. The lowest BCUT2D eigenvalue weighted by molar-refractivity contribution is -0.114. The van der Waals surface area contributed by atoms with Gasteiger partial charge in [-0.25, -0.2) is 0 Å². The molecule has 0 aliphatic carbocycles. The van der Waals surface area contributed by atoms with Gasteiger partial charge in [-0.05, 0) is 25.0 Å². The Hall–Kier alpha value is -1.68. The number of amides is 1. The van der Waals surface area contributed by atoms with Gasteiger partial charge in [0, 0.05) is 13.2 Å². The normalized spacial score (nSPS) is 14.4. The number of carbonyl (C=O) groups excluding carboxylic acids is 2. The Bertz CT molecular complexity index is 428. The maximum absolute atomic E-state index is 11.7. The lowest BCUT2D eigenvalue weighted by Gasteiger charge is -2.15. The highest BCUT2D eigenvalue weighted by molar-refractivity contribution is 6.52. The number of hydrogen-bond donors (Lipinski definition) is 1. The first-order valence-corrected chi connectivity index (χ1v) is 5.32. The zero-order valence-corrected chi connectivity index (χ0v) is 8.85. The molecule has 0 aromatic heterocycles. The SMILES string of the molecule is O=C1C(=O)N(CCCCO)c2ccccc21. The molecule has 0 saturated heterocycles. The molecule has 4 nitrogen and oxygen atoms in total. The van der Waals surface area contributed by atoms with Crippen molar-refractivity contribution in [3.63, 3.8) is 0 Å². The summed E-state index contributed by atoms with van der Waals surface area (Å²) in [6.45, 7) is 0.597. The number of hydrogen-bond acceptors (Lipinski definition) is 3. The third-order valence-electron chi connectivity index (χ3n) is 2.67. The van der Waals surface area contributed by atoms with E-state index in [9.17, 15) is 9.59 Å². The average molecular weight is 219 g/mol. The van der Waals surface area contributed by atoms with E-state index in [0.717, 1.165) is 0 Å². The molecular formula is C12H13NO3. The van der Waals surface area contributed by atoms with Crippen molar-refractivity contribution in [3.8, 4) is 0 Å². The van der Waals surface area contributed by atoms with Crippen LogP contribution in [0.25, 0.3) is 0 Å². The number of rotatable bonds is 4. The summed E-state index contributed by atoms with van der Waals surface area (Å²) < 4.78 is 0. The first-order chi connectivity index (χ1) is 7.75. The number of fused-ring (bicyclic) bond motifs is 1. The van der Waals surface area contributed by atoms with Crippen molar-refractivity contribution in [2.24, 2.45) is 0 Å². The van der Waals surface area contributed by atoms with Gasteiger partial charge in [-0.2, -0.15) is 0 Å². The molecule has 1 heterocycles. The van der Waals surface area contributed by atoms with Crippen LogP contribution in [-0.2, 0) is 4.79 Å². The summed E-state index contributed by atoms with van der Waals surface area (Å²) in [4.78, 5) is 24.8. The van der Waals surface area contributed by atoms with Crippen molar-refractivity contribution in [1.82, 2.24) is 0 Å². The van der Waals surface area contributed by atoms with Crippen molar-refractivity contribution in [1.29, 1.82) is 0 Å². The number of aliphatic hydroxyl groups excluding tert-OH is 1. The van der Waals surface area contributed by atoms with Gasteiger partial charge < -0.3 is 10.0 Å². The third kappa shape index (κ3) is 1.72. The van der Waals surface area contributed by atoms with Crippen molar-refractivity contribution in [2.75, 3.05) is 18.1 Å². The number of benzene rings is 1. The van der Waals surface area contributed by atoms with E-state index >= 15 is 0 Å². The zero-order valence-electron chi connectivity index (χ0n) is 8.85. The van der Waals surface area contributed by atoms with Crippen molar-refractivity contribution < 1.29 is 14.7 Å². The van der Waals surface area contributed by atoms with E-state index in [1.54, 1.807) is 18.2 Å². The Morgan fingerprint density at radius 2 is 1.88 bits per heavy atom. The molecular weight excluding hydrogens is 206 g/mol. The second kappa shape index (κ2) is 4.45. The highest BCUT2D eigenvalue weighted by Crippen LogP contribution is 2.28. The maximum Gasteiger partial charge on any atom is 0.299 e. The number of nitrogens with zero attached hydrogens (tertiary/aromatic N) is 1. The molecule has 4 heteroatoms. The van der Waals surface area contributed by atoms with Gasteiger partial charge in [0.05, 0.1) is 11.3 Å². The van der Waals surface area contributed by atoms with E-state index in [1.165, 1.54) is 4.90 Å². The summed E-state index contributed by atoms with van der Waals surface area (Å²) >= 11 is 0. The second-order valence-corrected chi connectivity index (χ2v) is 3.73. The molecule has 1 aromatic rings. The lowest BCUT2D eigenvalue weighted by Crippen LogP contribution is -2.30. The Morgan fingerprint density at radius 3 is 2.62 bits per heavy atom. The van der Waals surface area contributed by atoms with Crippen LogP contribution < -0.4 is 4.90 Å². The summed E-state index contributed by atoms with van der Waals surface area (Å²) in [7, 11) is 0. The van der Waals surface area contributed by atoms with E-state index < -0.39 is 11.7 Å². The summed E-state index contributed by atoms with van der Waals surface area (Å²) in [6, 6.07) is 7.00. The van der Waals surface area contributed by atoms with Gasteiger partial charge in [-0.3, -0.25) is 9.59 Å². The molecule has 1 amide bonds. The molecule has 84 valence electrons. The monoisotopic (exact) mass is 219 g/mol. The number of unbranched alkanes of at least 4 members (excludes halogenated alkanes) is 1. The van der Waals surface area contributed by atoms with Gasteiger partial charge in [0.15, 0.2) is 0 Å². The predicted molar refractivity (Wildman–Crippen MR) is 59.4 cm³/mol. The van der Waals surface area contributed by atoms with Gasteiger partial charge in [-0.15, -0.1) is 0 Å². The summed E-state index contributed by atoms with van der Waals surface area (Å²) in [5.41, 5.74) is 1.17. The first kappa shape index (κ1) is 10.8. The third-order valence-corrected chi connectivity index (χ3v) is 2.67. The minimum Gasteiger partial charge on any atom is -0.396 e. The molecule has 0 unspecified atom stereocenters. The molecule has 2 rings (SSSR count). The molecule has 0 atom stereocenters. The fourth-order valence-electron chi connectivity index (χ4n) is 1.85. The van der Waals surface area contributed by atoms with Crippen molar-refractivity contribution >= 4 is 17.4 Å². The van der Waals surface area contributed by atoms with Crippen LogP contribution in [0.1, 0.15) is 23.2 Å². The summed E-state index contributed by atoms with van der Waals surface area (Å²) in [5.74, 6) is -0.890. The van der Waals surface area contributed by atoms with Crippen LogP contribution in [0.3, 0.4) is 0 Å². The lowest BCUT2D eigenvalue weighted by atomic mass is 10.1. The number of carbonyl (C=O) groups is 2. The van der Waals surface area contributed by atoms with Crippen LogP contribution in [0, 0.1) is 0 Å². The quantitative estimate of drug-likeness (QED) is 0.607. The van der Waals surface area contributed by atoms with Gasteiger partial charge in [0.25, 0.3) is 11.7 Å². The van der Waals surface area contributed by atoms with Crippen LogP contribution in [-0.4, -0.2) is 29.9 Å². The van der Waals surface area contributed by atoms with Gasteiger partial charge >= 0.3 is 0 Å². The topological polar surface area (TPSA) is 57.6 Å². The first-order valence-electron chi connectivity index (χ1n) is 5.32. The molecule has 1 aliphatic rings. The minimum atomic E-state index is -0.459.